The van der Waals surface area contributed by atoms with E-state index in [2.05, 4.69) is 18.7 Å². The second kappa shape index (κ2) is 5.61. The second-order valence-electron chi connectivity index (χ2n) is 4.52. The monoisotopic (exact) mass is 185 g/mol. The van der Waals surface area contributed by atoms with Crippen LogP contribution in [0.25, 0.3) is 0 Å². The van der Waals surface area contributed by atoms with E-state index in [1.54, 1.807) is 0 Å². The molecule has 1 rings (SSSR count). The maximum atomic E-state index is 8.75. The Morgan fingerprint density at radius 2 is 2.23 bits per heavy atom. The first-order chi connectivity index (χ1) is 6.24. The summed E-state index contributed by atoms with van der Waals surface area (Å²) in [6.07, 6.45) is 3.67. The zero-order valence-corrected chi connectivity index (χ0v) is 9.00. The standard InChI is InChI=1S/C11H23NO/c1-10(2)11-5-3-6-12(9-11)7-4-8-13/h10-11,13H,3-9H2,1-2H3. The molecule has 0 aromatic carbocycles. The molecular formula is C11H23NO. The molecule has 1 fully saturated rings. The van der Waals surface area contributed by atoms with Crippen LogP contribution in [0.4, 0.5) is 0 Å². The Balaban J connectivity index is 2.25. The van der Waals surface area contributed by atoms with Crippen LogP contribution in [0.15, 0.2) is 0 Å². The van der Waals surface area contributed by atoms with Crippen molar-refractivity contribution in [1.29, 1.82) is 0 Å². The maximum Gasteiger partial charge on any atom is 0.0443 e. The van der Waals surface area contributed by atoms with Crippen molar-refractivity contribution in [3.63, 3.8) is 0 Å². The normalized spacial score (nSPS) is 25.4. The molecule has 0 aromatic rings. The number of likely N-dealkylation sites (tertiary alicyclic amines) is 1. The maximum absolute atomic E-state index is 8.75. The molecule has 1 aliphatic heterocycles. The lowest BCUT2D eigenvalue weighted by Crippen LogP contribution is -2.38. The fraction of sp³-hybridized carbons (Fsp3) is 1.00. The third kappa shape index (κ3) is 3.65. The van der Waals surface area contributed by atoms with E-state index >= 15 is 0 Å². The summed E-state index contributed by atoms with van der Waals surface area (Å²) in [5, 5.41) is 8.75. The summed E-state index contributed by atoms with van der Waals surface area (Å²) in [7, 11) is 0. The van der Waals surface area contributed by atoms with Gasteiger partial charge in [-0.2, -0.15) is 0 Å². The zero-order chi connectivity index (χ0) is 9.68. The minimum atomic E-state index is 0.336. The van der Waals surface area contributed by atoms with Crippen LogP contribution in [0.5, 0.6) is 0 Å². The van der Waals surface area contributed by atoms with Crippen molar-refractivity contribution in [2.45, 2.75) is 33.1 Å². The van der Waals surface area contributed by atoms with Gasteiger partial charge in [0.15, 0.2) is 0 Å². The molecule has 2 nitrogen and oxygen atoms in total. The van der Waals surface area contributed by atoms with E-state index in [0.717, 1.165) is 24.8 Å². The Morgan fingerprint density at radius 3 is 2.85 bits per heavy atom. The van der Waals surface area contributed by atoms with Crippen molar-refractivity contribution in [2.75, 3.05) is 26.2 Å². The van der Waals surface area contributed by atoms with Gasteiger partial charge in [0.1, 0.15) is 0 Å². The smallest absolute Gasteiger partial charge is 0.0443 e. The van der Waals surface area contributed by atoms with E-state index in [1.807, 2.05) is 0 Å². The fourth-order valence-corrected chi connectivity index (χ4v) is 2.13. The summed E-state index contributed by atoms with van der Waals surface area (Å²) in [5.41, 5.74) is 0. The van der Waals surface area contributed by atoms with Crippen molar-refractivity contribution >= 4 is 0 Å². The van der Waals surface area contributed by atoms with Gasteiger partial charge in [0.2, 0.25) is 0 Å². The third-order valence-electron chi connectivity index (χ3n) is 3.12. The van der Waals surface area contributed by atoms with Crippen LogP contribution in [-0.2, 0) is 0 Å². The molecule has 78 valence electrons. The van der Waals surface area contributed by atoms with Gasteiger partial charge in [0.25, 0.3) is 0 Å². The zero-order valence-electron chi connectivity index (χ0n) is 9.00. The van der Waals surface area contributed by atoms with Gasteiger partial charge in [0.05, 0.1) is 0 Å². The van der Waals surface area contributed by atoms with Gasteiger partial charge >= 0.3 is 0 Å². The number of aliphatic hydroxyl groups is 1. The average molecular weight is 185 g/mol. The highest BCUT2D eigenvalue weighted by atomic mass is 16.3. The Bertz CT molecular complexity index is 136. The highest BCUT2D eigenvalue weighted by Crippen LogP contribution is 2.23. The number of hydrogen-bond acceptors (Lipinski definition) is 2. The van der Waals surface area contributed by atoms with Crippen molar-refractivity contribution in [3.8, 4) is 0 Å². The van der Waals surface area contributed by atoms with Crippen LogP contribution < -0.4 is 0 Å². The molecule has 0 spiro atoms. The Morgan fingerprint density at radius 1 is 1.46 bits per heavy atom. The summed E-state index contributed by atoms with van der Waals surface area (Å²) in [4.78, 5) is 2.50. The quantitative estimate of drug-likeness (QED) is 0.721. The molecule has 0 aromatic heterocycles. The summed E-state index contributed by atoms with van der Waals surface area (Å²) in [6.45, 7) is 8.55. The van der Waals surface area contributed by atoms with Gasteiger partial charge in [-0.1, -0.05) is 13.8 Å². The molecule has 1 atom stereocenters. The fourth-order valence-electron chi connectivity index (χ4n) is 2.13. The van der Waals surface area contributed by atoms with Gasteiger partial charge in [-0.25, -0.2) is 0 Å². The molecule has 2 heteroatoms. The van der Waals surface area contributed by atoms with Crippen LogP contribution in [-0.4, -0.2) is 36.2 Å². The highest BCUT2D eigenvalue weighted by molar-refractivity contribution is 4.74. The van der Waals surface area contributed by atoms with E-state index in [1.165, 1.54) is 25.9 Å². The topological polar surface area (TPSA) is 23.5 Å². The minimum absolute atomic E-state index is 0.336. The SMILES string of the molecule is CC(C)C1CCCN(CCCO)C1. The first-order valence-corrected chi connectivity index (χ1v) is 5.57. The Hall–Kier alpha value is -0.0800. The van der Waals surface area contributed by atoms with Gasteiger partial charge in [0, 0.05) is 19.7 Å². The predicted molar refractivity (Wildman–Crippen MR) is 55.7 cm³/mol. The molecule has 13 heavy (non-hydrogen) atoms. The Kier molecular flexibility index (Phi) is 4.74. The number of nitrogens with zero attached hydrogens (tertiary/aromatic N) is 1. The van der Waals surface area contributed by atoms with Crippen LogP contribution >= 0.6 is 0 Å². The molecule has 1 saturated heterocycles. The lowest BCUT2D eigenvalue weighted by atomic mass is 9.88. The highest BCUT2D eigenvalue weighted by Gasteiger charge is 2.21. The molecule has 0 amide bonds. The summed E-state index contributed by atoms with van der Waals surface area (Å²) >= 11 is 0. The van der Waals surface area contributed by atoms with E-state index in [4.69, 9.17) is 5.11 Å². The largest absolute Gasteiger partial charge is 0.396 e. The van der Waals surface area contributed by atoms with Gasteiger partial charge in [-0.15, -0.1) is 0 Å². The summed E-state index contributed by atoms with van der Waals surface area (Å²) in [5.74, 6) is 1.70. The van der Waals surface area contributed by atoms with Crippen molar-refractivity contribution in [2.24, 2.45) is 11.8 Å². The van der Waals surface area contributed by atoms with E-state index < -0.39 is 0 Å². The molecule has 1 N–H and O–H groups in total. The average Bonchev–Trinajstić information content (AvgIpc) is 2.15. The van der Waals surface area contributed by atoms with E-state index in [0.29, 0.717) is 6.61 Å². The van der Waals surface area contributed by atoms with Crippen LogP contribution in [0.3, 0.4) is 0 Å². The molecule has 1 aliphatic rings. The van der Waals surface area contributed by atoms with Crippen molar-refractivity contribution in [1.82, 2.24) is 4.90 Å². The molecule has 0 radical (unpaired) electrons. The lowest BCUT2D eigenvalue weighted by molar-refractivity contribution is 0.135. The number of rotatable bonds is 4. The summed E-state index contributed by atoms with van der Waals surface area (Å²) < 4.78 is 0. The van der Waals surface area contributed by atoms with E-state index in [-0.39, 0.29) is 0 Å². The lowest BCUT2D eigenvalue weighted by Gasteiger charge is -2.34. The Labute approximate surface area is 81.9 Å². The molecule has 1 unspecified atom stereocenters. The van der Waals surface area contributed by atoms with Crippen LogP contribution in [0.2, 0.25) is 0 Å². The van der Waals surface area contributed by atoms with Crippen molar-refractivity contribution in [3.05, 3.63) is 0 Å². The predicted octanol–water partition coefficient (Wildman–Crippen LogP) is 1.74. The molecule has 0 bridgehead atoms. The number of hydrogen-bond donors (Lipinski definition) is 1. The van der Waals surface area contributed by atoms with E-state index in [9.17, 15) is 0 Å². The second-order valence-corrected chi connectivity index (χ2v) is 4.52. The number of piperidine rings is 1. The summed E-state index contributed by atoms with van der Waals surface area (Å²) in [6, 6.07) is 0. The minimum Gasteiger partial charge on any atom is -0.396 e. The first kappa shape index (κ1) is 11.0. The van der Waals surface area contributed by atoms with Gasteiger partial charge in [-0.05, 0) is 37.6 Å². The number of aliphatic hydroxyl groups excluding tert-OH is 1. The van der Waals surface area contributed by atoms with Crippen molar-refractivity contribution < 1.29 is 5.11 Å². The van der Waals surface area contributed by atoms with Crippen LogP contribution in [0, 0.1) is 11.8 Å². The molecule has 1 heterocycles. The van der Waals surface area contributed by atoms with Crippen LogP contribution in [0.1, 0.15) is 33.1 Å². The molecule has 0 aliphatic carbocycles. The third-order valence-corrected chi connectivity index (χ3v) is 3.12. The first-order valence-electron chi connectivity index (χ1n) is 5.57. The van der Waals surface area contributed by atoms with Gasteiger partial charge in [-0.3, -0.25) is 0 Å². The molecule has 0 saturated carbocycles. The molecular weight excluding hydrogens is 162 g/mol. The van der Waals surface area contributed by atoms with Gasteiger partial charge < -0.3 is 10.0 Å².